The van der Waals surface area contributed by atoms with Gasteiger partial charge in [-0.25, -0.2) is 18.3 Å². The predicted molar refractivity (Wildman–Crippen MR) is 143 cm³/mol. The summed E-state index contributed by atoms with van der Waals surface area (Å²) < 4.78 is 31.2. The maximum Gasteiger partial charge on any atom is 0.261 e. The SMILES string of the molecule is CC1(Cc2ccc(Br)cc2)C(=O)N(c2cc(Cl)cc(Cl)c2)c2ncc(S(=O)(=O)N3CCCC3C(N)=O)n21. The van der Waals surface area contributed by atoms with Crippen molar-refractivity contribution < 1.29 is 18.0 Å². The van der Waals surface area contributed by atoms with Crippen molar-refractivity contribution >= 4 is 72.6 Å². The summed E-state index contributed by atoms with van der Waals surface area (Å²) in [7, 11) is -4.24. The lowest BCUT2D eigenvalue weighted by Crippen LogP contribution is -2.46. The number of imidazole rings is 1. The van der Waals surface area contributed by atoms with Crippen LogP contribution in [0.25, 0.3) is 0 Å². The Morgan fingerprint density at radius 1 is 1.19 bits per heavy atom. The van der Waals surface area contributed by atoms with Gasteiger partial charge in [-0.1, -0.05) is 51.3 Å². The first-order valence-corrected chi connectivity index (χ1v) is 14.4. The maximum atomic E-state index is 14.1. The van der Waals surface area contributed by atoms with E-state index in [1.54, 1.807) is 19.1 Å². The molecule has 1 aromatic heterocycles. The van der Waals surface area contributed by atoms with Gasteiger partial charge in [0, 0.05) is 27.5 Å². The van der Waals surface area contributed by atoms with Crippen molar-refractivity contribution in [3.8, 4) is 0 Å². The number of benzene rings is 2. The number of amides is 2. The fourth-order valence-electron chi connectivity index (χ4n) is 5.05. The standard InChI is InChI=1S/C24H22BrCl2N5O4S/c1-24(12-14-4-6-15(25)7-5-14)22(34)31(18-10-16(26)9-17(27)11-18)23-29-13-20(32(23)24)37(35,36)30-8-2-3-19(30)21(28)33/h4-7,9-11,13,19H,2-3,8,12H2,1H3,(H2,28,33). The van der Waals surface area contributed by atoms with Crippen LogP contribution >= 0.6 is 39.1 Å². The van der Waals surface area contributed by atoms with Crippen LogP contribution in [-0.2, 0) is 31.6 Å². The number of fused-ring (bicyclic) bond motifs is 1. The minimum Gasteiger partial charge on any atom is -0.368 e. The molecule has 0 radical (unpaired) electrons. The predicted octanol–water partition coefficient (Wildman–Crippen LogP) is 4.23. The zero-order valence-corrected chi connectivity index (χ0v) is 23.5. The Bertz CT molecular complexity index is 1510. The lowest BCUT2D eigenvalue weighted by molar-refractivity contribution is -0.124. The highest BCUT2D eigenvalue weighted by Crippen LogP contribution is 2.45. The van der Waals surface area contributed by atoms with E-state index in [0.29, 0.717) is 28.6 Å². The smallest absolute Gasteiger partial charge is 0.261 e. The van der Waals surface area contributed by atoms with Crippen molar-refractivity contribution in [1.82, 2.24) is 13.9 Å². The van der Waals surface area contributed by atoms with Gasteiger partial charge < -0.3 is 5.73 Å². The van der Waals surface area contributed by atoms with Gasteiger partial charge in [-0.05, 0) is 55.7 Å². The number of rotatable bonds is 6. The molecule has 9 nitrogen and oxygen atoms in total. The zero-order valence-electron chi connectivity index (χ0n) is 19.6. The molecule has 2 aliphatic rings. The summed E-state index contributed by atoms with van der Waals surface area (Å²) in [6.07, 6.45) is 2.22. The Morgan fingerprint density at radius 3 is 2.46 bits per heavy atom. The largest absolute Gasteiger partial charge is 0.368 e. The molecule has 1 saturated heterocycles. The molecular formula is C24H22BrCl2N5O4S. The van der Waals surface area contributed by atoms with Crippen LogP contribution in [-0.4, -0.2) is 46.7 Å². The molecule has 2 aromatic carbocycles. The molecule has 2 atom stereocenters. The Labute approximate surface area is 232 Å². The summed E-state index contributed by atoms with van der Waals surface area (Å²) in [6, 6.07) is 11.1. The highest BCUT2D eigenvalue weighted by molar-refractivity contribution is 9.10. The van der Waals surface area contributed by atoms with E-state index in [4.69, 9.17) is 28.9 Å². The maximum absolute atomic E-state index is 14.1. The zero-order chi connectivity index (χ0) is 26.7. The number of nitrogens with two attached hydrogens (primary N) is 1. The Morgan fingerprint density at radius 2 is 1.84 bits per heavy atom. The molecule has 3 heterocycles. The molecule has 194 valence electrons. The van der Waals surface area contributed by atoms with Gasteiger partial charge in [0.05, 0.1) is 11.9 Å². The number of hydrogen-bond acceptors (Lipinski definition) is 5. The minimum atomic E-state index is -4.24. The average molecular weight is 627 g/mol. The van der Waals surface area contributed by atoms with Crippen molar-refractivity contribution in [2.24, 2.45) is 5.73 Å². The van der Waals surface area contributed by atoms with Gasteiger partial charge in [-0.3, -0.25) is 14.2 Å². The van der Waals surface area contributed by atoms with Crippen LogP contribution in [0.4, 0.5) is 11.6 Å². The van der Waals surface area contributed by atoms with Gasteiger partial charge >= 0.3 is 0 Å². The second kappa shape index (κ2) is 9.39. The average Bonchev–Trinajstić information content (AvgIpc) is 3.52. The van der Waals surface area contributed by atoms with E-state index in [9.17, 15) is 18.0 Å². The van der Waals surface area contributed by atoms with Crippen LogP contribution in [0, 0.1) is 0 Å². The Hall–Kier alpha value is -2.44. The second-order valence-corrected chi connectivity index (χ2v) is 12.9. The molecule has 2 unspecified atom stereocenters. The molecule has 2 amide bonds. The number of primary amides is 1. The minimum absolute atomic E-state index is 0.108. The van der Waals surface area contributed by atoms with Crippen LogP contribution < -0.4 is 10.6 Å². The van der Waals surface area contributed by atoms with Crippen molar-refractivity contribution in [2.75, 3.05) is 11.4 Å². The topological polar surface area (TPSA) is 119 Å². The molecule has 0 saturated carbocycles. The highest BCUT2D eigenvalue weighted by Gasteiger charge is 2.53. The molecule has 0 bridgehead atoms. The fraction of sp³-hybridized carbons (Fsp3) is 0.292. The first-order valence-electron chi connectivity index (χ1n) is 11.4. The summed E-state index contributed by atoms with van der Waals surface area (Å²) in [4.78, 5) is 31.8. The van der Waals surface area contributed by atoms with Gasteiger partial charge in [0.15, 0.2) is 5.03 Å². The summed E-state index contributed by atoms with van der Waals surface area (Å²) in [5.74, 6) is -1.01. The Kier molecular flexibility index (Phi) is 6.64. The van der Waals surface area contributed by atoms with Gasteiger partial charge in [-0.2, -0.15) is 4.31 Å². The van der Waals surface area contributed by atoms with E-state index in [0.717, 1.165) is 14.3 Å². The number of aromatic nitrogens is 2. The second-order valence-electron chi connectivity index (χ2n) is 9.25. The highest BCUT2D eigenvalue weighted by atomic mass is 79.9. The molecule has 37 heavy (non-hydrogen) atoms. The van der Waals surface area contributed by atoms with E-state index in [1.165, 1.54) is 21.7 Å². The molecule has 0 spiro atoms. The summed E-state index contributed by atoms with van der Waals surface area (Å²) in [5, 5.41) is 0.424. The van der Waals surface area contributed by atoms with Crippen molar-refractivity contribution in [2.45, 2.75) is 42.8 Å². The number of carbonyl (C=O) groups excluding carboxylic acids is 2. The summed E-state index contributed by atoms with van der Waals surface area (Å²) in [6.45, 7) is 1.81. The van der Waals surface area contributed by atoms with E-state index in [1.807, 2.05) is 24.3 Å². The Balaban J connectivity index is 1.70. The monoisotopic (exact) mass is 625 g/mol. The number of anilines is 2. The normalized spacial score (nSPS) is 22.0. The van der Waals surface area contributed by atoms with Gasteiger partial charge in [0.25, 0.3) is 15.9 Å². The number of carbonyl (C=O) groups is 2. The first kappa shape index (κ1) is 26.2. The fourth-order valence-corrected chi connectivity index (χ4v) is 7.68. The third-order valence-corrected chi connectivity index (χ3v) is 9.58. The first-order chi connectivity index (χ1) is 17.4. The lowest BCUT2D eigenvalue weighted by Gasteiger charge is -2.28. The molecule has 13 heteroatoms. The summed E-state index contributed by atoms with van der Waals surface area (Å²) >= 11 is 15.9. The van der Waals surface area contributed by atoms with E-state index < -0.39 is 33.4 Å². The van der Waals surface area contributed by atoms with Crippen molar-refractivity contribution in [3.63, 3.8) is 0 Å². The van der Waals surface area contributed by atoms with Crippen LogP contribution in [0.2, 0.25) is 10.0 Å². The van der Waals surface area contributed by atoms with Crippen LogP contribution in [0.3, 0.4) is 0 Å². The van der Waals surface area contributed by atoms with Crippen LogP contribution in [0.1, 0.15) is 25.3 Å². The quantitative estimate of drug-likeness (QED) is 0.439. The number of sulfonamides is 1. The molecule has 3 aromatic rings. The molecule has 2 N–H and O–H groups in total. The molecule has 1 fully saturated rings. The van der Waals surface area contributed by atoms with E-state index >= 15 is 0 Å². The van der Waals surface area contributed by atoms with Crippen LogP contribution in [0.5, 0.6) is 0 Å². The number of hydrogen-bond donors (Lipinski definition) is 1. The van der Waals surface area contributed by atoms with E-state index in [2.05, 4.69) is 20.9 Å². The van der Waals surface area contributed by atoms with Crippen molar-refractivity contribution in [3.05, 3.63) is 68.7 Å². The third-order valence-electron chi connectivity index (χ3n) is 6.74. The van der Waals surface area contributed by atoms with Gasteiger partial charge in [0.2, 0.25) is 11.9 Å². The lowest BCUT2D eigenvalue weighted by atomic mass is 9.92. The van der Waals surface area contributed by atoms with Gasteiger partial charge in [0.1, 0.15) is 11.6 Å². The molecule has 2 aliphatic heterocycles. The third kappa shape index (κ3) is 4.36. The van der Waals surface area contributed by atoms with Crippen molar-refractivity contribution in [1.29, 1.82) is 0 Å². The number of halogens is 3. The number of nitrogens with zero attached hydrogens (tertiary/aromatic N) is 4. The molecule has 5 rings (SSSR count). The van der Waals surface area contributed by atoms with E-state index in [-0.39, 0.29) is 23.9 Å². The van der Waals surface area contributed by atoms with Gasteiger partial charge in [-0.15, -0.1) is 0 Å². The molecule has 0 aliphatic carbocycles. The molecular weight excluding hydrogens is 605 g/mol. The summed E-state index contributed by atoms with van der Waals surface area (Å²) in [5.41, 5.74) is 5.30. The van der Waals surface area contributed by atoms with Crippen LogP contribution in [0.15, 0.2) is 58.2 Å².